The summed E-state index contributed by atoms with van der Waals surface area (Å²) in [5, 5.41) is 8.28. The van der Waals surface area contributed by atoms with Gasteiger partial charge in [-0.05, 0) is 12.8 Å². The summed E-state index contributed by atoms with van der Waals surface area (Å²) in [5.41, 5.74) is 0. The Kier molecular flexibility index (Phi) is 5.72. The minimum Gasteiger partial charge on any atom is -0.326 e. The topological polar surface area (TPSA) is 42.2 Å². The van der Waals surface area contributed by atoms with Gasteiger partial charge in [-0.1, -0.05) is 11.4 Å². The first-order valence-electron chi connectivity index (χ1n) is 3.99. The molecule has 1 rings (SSSR count). The van der Waals surface area contributed by atoms with E-state index in [0.717, 1.165) is 18.8 Å². The Labute approximate surface area is 78.1 Å². The van der Waals surface area contributed by atoms with Crippen molar-refractivity contribution in [1.29, 1.82) is 5.26 Å². The van der Waals surface area contributed by atoms with Crippen LogP contribution >= 0.6 is 19.0 Å². The molecule has 0 aliphatic carbocycles. The Morgan fingerprint density at radius 2 is 2.50 bits per heavy atom. The van der Waals surface area contributed by atoms with E-state index in [0.29, 0.717) is 13.0 Å². The van der Waals surface area contributed by atoms with Crippen LogP contribution in [0, 0.1) is 11.3 Å². The van der Waals surface area contributed by atoms with Crippen molar-refractivity contribution >= 4 is 19.0 Å². The third-order valence-corrected chi connectivity index (χ3v) is 4.62. The molecule has 1 fully saturated rings. The van der Waals surface area contributed by atoms with Crippen molar-refractivity contribution in [3.8, 4) is 6.07 Å². The lowest BCUT2D eigenvalue weighted by Crippen LogP contribution is -1.89. The molecular weight excluding hydrogens is 193 g/mol. The van der Waals surface area contributed by atoms with Crippen LogP contribution in [0.2, 0.25) is 0 Å². The van der Waals surface area contributed by atoms with Crippen LogP contribution in [0.3, 0.4) is 0 Å². The van der Waals surface area contributed by atoms with Crippen LogP contribution in [0.4, 0.5) is 0 Å². The second kappa shape index (κ2) is 6.68. The van der Waals surface area contributed by atoms with Crippen molar-refractivity contribution in [2.75, 3.05) is 19.0 Å². The lowest BCUT2D eigenvalue weighted by molar-refractivity contribution is 0.265. The van der Waals surface area contributed by atoms with Crippen LogP contribution in [-0.2, 0) is 9.05 Å². The Balaban J connectivity index is 2.08. The summed E-state index contributed by atoms with van der Waals surface area (Å²) in [6.45, 7) is 1.32. The first kappa shape index (κ1) is 10.3. The van der Waals surface area contributed by atoms with Gasteiger partial charge >= 0.3 is 0 Å². The van der Waals surface area contributed by atoms with Gasteiger partial charge in [0.05, 0.1) is 25.7 Å². The molecule has 1 saturated heterocycles. The third-order valence-electron chi connectivity index (χ3n) is 1.34. The number of nitriles is 1. The zero-order valence-electron chi connectivity index (χ0n) is 6.86. The molecule has 0 radical (unpaired) electrons. The molecule has 0 aromatic rings. The van der Waals surface area contributed by atoms with Crippen molar-refractivity contribution in [2.24, 2.45) is 0 Å². The highest BCUT2D eigenvalue weighted by molar-refractivity contribution is 8.52. The zero-order chi connectivity index (χ0) is 8.65. The zero-order valence-corrected chi connectivity index (χ0v) is 8.57. The number of hydrogen-bond donors (Lipinski definition) is 0. The molecule has 0 bridgehead atoms. The highest BCUT2D eigenvalue weighted by Crippen LogP contribution is 2.53. The SMILES string of the molecule is N#CCCOP1OCCCCS1. The summed E-state index contributed by atoms with van der Waals surface area (Å²) in [4.78, 5) is 0. The quantitative estimate of drug-likeness (QED) is 0.524. The van der Waals surface area contributed by atoms with E-state index in [2.05, 4.69) is 0 Å². The van der Waals surface area contributed by atoms with Gasteiger partial charge in [-0.2, -0.15) is 5.26 Å². The first-order chi connectivity index (χ1) is 5.93. The molecule has 0 aromatic heterocycles. The molecule has 68 valence electrons. The van der Waals surface area contributed by atoms with Crippen LogP contribution < -0.4 is 0 Å². The Morgan fingerprint density at radius 1 is 1.58 bits per heavy atom. The summed E-state index contributed by atoms with van der Waals surface area (Å²) < 4.78 is 10.8. The van der Waals surface area contributed by atoms with Gasteiger partial charge in [0.15, 0.2) is 0 Å². The Morgan fingerprint density at radius 3 is 3.33 bits per heavy atom. The fraction of sp³-hybridized carbons (Fsp3) is 0.857. The predicted molar refractivity (Wildman–Crippen MR) is 50.7 cm³/mol. The second-order valence-electron chi connectivity index (χ2n) is 2.34. The number of nitrogens with zero attached hydrogens (tertiary/aromatic N) is 1. The Bertz CT molecular complexity index is 154. The van der Waals surface area contributed by atoms with Gasteiger partial charge in [-0.3, -0.25) is 0 Å². The summed E-state index contributed by atoms with van der Waals surface area (Å²) in [5.74, 6) is 1.12. The maximum atomic E-state index is 8.28. The molecule has 3 nitrogen and oxygen atoms in total. The van der Waals surface area contributed by atoms with E-state index < -0.39 is 7.58 Å². The van der Waals surface area contributed by atoms with Gasteiger partial charge in [0, 0.05) is 5.75 Å². The molecule has 0 spiro atoms. The van der Waals surface area contributed by atoms with Crippen LogP contribution in [0.25, 0.3) is 0 Å². The molecule has 1 aliphatic rings. The van der Waals surface area contributed by atoms with E-state index in [1.54, 1.807) is 11.4 Å². The highest BCUT2D eigenvalue weighted by atomic mass is 32.7. The number of hydrogen-bond acceptors (Lipinski definition) is 4. The molecule has 1 atom stereocenters. The van der Waals surface area contributed by atoms with E-state index in [1.165, 1.54) is 6.42 Å². The maximum absolute atomic E-state index is 8.28. The average Bonchev–Trinajstić information content (AvgIpc) is 2.33. The van der Waals surface area contributed by atoms with Crippen LogP contribution in [-0.4, -0.2) is 19.0 Å². The largest absolute Gasteiger partial charge is 0.326 e. The van der Waals surface area contributed by atoms with Crippen molar-refractivity contribution in [3.63, 3.8) is 0 Å². The normalized spacial score (nSPS) is 24.4. The molecular formula is C7H12NO2PS. The van der Waals surface area contributed by atoms with Gasteiger partial charge < -0.3 is 9.05 Å². The van der Waals surface area contributed by atoms with Gasteiger partial charge in [0.1, 0.15) is 0 Å². The molecule has 5 heteroatoms. The van der Waals surface area contributed by atoms with Crippen LogP contribution in [0.15, 0.2) is 0 Å². The molecule has 1 heterocycles. The molecule has 1 aliphatic heterocycles. The summed E-state index contributed by atoms with van der Waals surface area (Å²) >= 11 is 1.75. The van der Waals surface area contributed by atoms with Gasteiger partial charge in [0.2, 0.25) is 7.58 Å². The molecule has 0 amide bonds. The van der Waals surface area contributed by atoms with Crippen LogP contribution in [0.5, 0.6) is 0 Å². The molecule has 0 N–H and O–H groups in total. The first-order valence-corrected chi connectivity index (χ1v) is 6.76. The fourth-order valence-electron chi connectivity index (χ4n) is 0.760. The maximum Gasteiger partial charge on any atom is 0.238 e. The Hall–Kier alpha value is 0.190. The van der Waals surface area contributed by atoms with Crippen LogP contribution in [0.1, 0.15) is 19.3 Å². The van der Waals surface area contributed by atoms with Crippen molar-refractivity contribution in [1.82, 2.24) is 0 Å². The summed E-state index contributed by atoms with van der Waals surface area (Å²) in [7, 11) is -0.744. The van der Waals surface area contributed by atoms with Crippen molar-refractivity contribution < 1.29 is 9.05 Å². The van der Waals surface area contributed by atoms with E-state index >= 15 is 0 Å². The second-order valence-corrected chi connectivity index (χ2v) is 5.64. The minimum atomic E-state index is -0.744. The lowest BCUT2D eigenvalue weighted by Gasteiger charge is -2.11. The van der Waals surface area contributed by atoms with Gasteiger partial charge in [-0.15, -0.1) is 0 Å². The number of rotatable bonds is 3. The third kappa shape index (κ3) is 4.27. The smallest absolute Gasteiger partial charge is 0.238 e. The van der Waals surface area contributed by atoms with E-state index in [4.69, 9.17) is 14.3 Å². The van der Waals surface area contributed by atoms with E-state index in [1.807, 2.05) is 6.07 Å². The van der Waals surface area contributed by atoms with E-state index in [-0.39, 0.29) is 0 Å². The predicted octanol–water partition coefficient (Wildman–Crippen LogP) is 2.69. The lowest BCUT2D eigenvalue weighted by atomic mass is 10.4. The van der Waals surface area contributed by atoms with Crippen molar-refractivity contribution in [2.45, 2.75) is 19.3 Å². The van der Waals surface area contributed by atoms with Gasteiger partial charge in [-0.25, -0.2) is 0 Å². The molecule has 0 aromatic carbocycles. The standard InChI is InChI=1S/C7H12NO2PS/c8-4-3-6-10-11-9-5-1-2-7-12-11/h1-3,5-7H2. The molecule has 1 unspecified atom stereocenters. The van der Waals surface area contributed by atoms with E-state index in [9.17, 15) is 0 Å². The van der Waals surface area contributed by atoms with Gasteiger partial charge in [0.25, 0.3) is 0 Å². The monoisotopic (exact) mass is 205 g/mol. The molecule has 0 saturated carbocycles. The molecule has 12 heavy (non-hydrogen) atoms. The summed E-state index contributed by atoms with van der Waals surface area (Å²) in [6.07, 6.45) is 2.81. The highest BCUT2D eigenvalue weighted by Gasteiger charge is 2.13. The summed E-state index contributed by atoms with van der Waals surface area (Å²) in [6, 6.07) is 2.04. The van der Waals surface area contributed by atoms with Crippen molar-refractivity contribution in [3.05, 3.63) is 0 Å². The average molecular weight is 205 g/mol. The minimum absolute atomic E-state index is 0.461. The fourth-order valence-corrected chi connectivity index (χ4v) is 3.71.